The molecule has 5 atom stereocenters. The van der Waals surface area contributed by atoms with Gasteiger partial charge < -0.3 is 49.3 Å². The Morgan fingerprint density at radius 3 is 1.49 bits per heavy atom. The van der Waals surface area contributed by atoms with Crippen molar-refractivity contribution in [3.8, 4) is 29.5 Å². The summed E-state index contributed by atoms with van der Waals surface area (Å²) >= 11 is 6.23. The zero-order chi connectivity index (χ0) is 90.0. The van der Waals surface area contributed by atoms with Gasteiger partial charge in [-0.25, -0.2) is 19.1 Å². The van der Waals surface area contributed by atoms with Gasteiger partial charge in [0.1, 0.15) is 22.7 Å². The van der Waals surface area contributed by atoms with Gasteiger partial charge in [-0.1, -0.05) is 139 Å². The second-order valence-corrected chi connectivity index (χ2v) is 34.4. The van der Waals surface area contributed by atoms with E-state index in [1.165, 1.54) is 60.7 Å². The van der Waals surface area contributed by atoms with Gasteiger partial charge in [0.15, 0.2) is 23.3 Å². The second kappa shape index (κ2) is 40.8. The Balaban J connectivity index is 0.000000125. The first-order chi connectivity index (χ1) is 61.9. The standard InChI is InChI=1S/C19H15ClFN3O3.C18H20N4O2.C17H20N4O.C16H19N3O2.C15H16N4.C10H14N4O/c1-19(2,3)27-18(26)24-9-14-16(17(24)25)11(20)7-13(23-14)15-10(8-22)5-4-6-12(15)21;1-24-17(23)18(8-10-19)9-12-21(14-18)16-7-11-22(20-16)13-15-5-3-2-4-6-15;22-16-17(7-9-18-16)8-11-20(13-17)15-6-10-21(19-15)12-14-4-2-1-3-5-14;1-21-16(20)14-7-9-18(12-14)15-8-10-19(17-15)11-13-5-3-2-4-6-13;16-10-14-6-8-18(11-14)15-7-9-19(17-15)12-13-4-2-1-3-5-13;15-9-10(2-5-11-9)3-6-14(7-10)8-1-4-12-13-8/h4-7H,9H2,1-3H3;2-7,11H,8-9,12-14H2,1H3;1-6,10H,7-9,11-13H2,(H,18,22);2-6,8,10,14H,7,9,11-12H2,1H3;1-5,7,9,14H,6,8,11-12H2;1,4H,2-3,5-7H2,(H,11,15)(H,12,13). The molecule has 0 aliphatic carbocycles. The van der Waals surface area contributed by atoms with Crippen LogP contribution in [0.5, 0.6) is 0 Å². The quantitative estimate of drug-likeness (QED) is 0.0563. The highest BCUT2D eigenvalue weighted by Crippen LogP contribution is 2.42. The van der Waals surface area contributed by atoms with Crippen LogP contribution in [0.2, 0.25) is 5.02 Å². The molecular formula is C95H104ClFN22O9. The number of hydrogen-bond acceptors (Lipinski definition) is 23. The minimum absolute atomic E-state index is 0.00660. The highest BCUT2D eigenvalue weighted by Gasteiger charge is 2.50. The monoisotopic (exact) mass is 1750 g/mol. The summed E-state index contributed by atoms with van der Waals surface area (Å²) in [5.74, 6) is 3.61. The van der Waals surface area contributed by atoms with Crippen molar-refractivity contribution in [1.82, 2.24) is 69.8 Å². The van der Waals surface area contributed by atoms with Gasteiger partial charge in [0, 0.05) is 134 Å². The number of halogens is 2. The summed E-state index contributed by atoms with van der Waals surface area (Å²) in [6, 6.07) is 62.7. The number of rotatable bonds is 17. The lowest BCUT2D eigenvalue weighted by Crippen LogP contribution is -2.36. The van der Waals surface area contributed by atoms with Crippen LogP contribution in [0.1, 0.15) is 116 Å². The zero-order valence-corrected chi connectivity index (χ0v) is 73.1. The van der Waals surface area contributed by atoms with E-state index in [4.69, 9.17) is 36.3 Å². The first-order valence-corrected chi connectivity index (χ1v) is 43.3. The number of pyridine rings is 1. The molecule has 31 nitrogen and oxygen atoms in total. The maximum Gasteiger partial charge on any atom is 0.417 e. The van der Waals surface area contributed by atoms with E-state index in [0.29, 0.717) is 32.6 Å². The molecule has 33 heteroatoms. The molecule has 662 valence electrons. The molecule has 0 saturated carbocycles. The molecule has 8 aliphatic rings. The molecule has 2 spiro atoms. The van der Waals surface area contributed by atoms with Crippen LogP contribution in [0.3, 0.4) is 0 Å². The van der Waals surface area contributed by atoms with Crippen LogP contribution in [-0.4, -0.2) is 193 Å². The number of nitrogens with one attached hydrogen (secondary N) is 3. The molecule has 128 heavy (non-hydrogen) atoms. The lowest BCUT2D eigenvalue weighted by Gasteiger charge is -2.23. The topological polar surface area (TPSA) is 358 Å². The average Bonchev–Trinajstić information content (AvgIpc) is 1.41. The fourth-order valence-electron chi connectivity index (χ4n) is 17.2. The molecule has 14 heterocycles. The summed E-state index contributed by atoms with van der Waals surface area (Å²) in [6.45, 7) is 17.5. The van der Waals surface area contributed by atoms with Crippen LogP contribution in [0.15, 0.2) is 207 Å². The third kappa shape index (κ3) is 21.8. The molecular weight excluding hydrogens is 1650 g/mol. The molecule has 19 rings (SSSR count). The lowest BCUT2D eigenvalue weighted by molar-refractivity contribution is -0.151. The number of fused-ring (bicyclic) bond motifs is 1. The Bertz CT molecular complexity index is 5810. The number of carbonyl (C=O) groups is 6. The van der Waals surface area contributed by atoms with Crippen LogP contribution in [0.4, 0.5) is 38.3 Å². The van der Waals surface area contributed by atoms with Crippen molar-refractivity contribution in [1.29, 1.82) is 15.8 Å². The van der Waals surface area contributed by atoms with E-state index in [9.17, 15) is 38.4 Å². The fraction of sp³-hybridized carbons (Fsp3) is 0.379. The van der Waals surface area contributed by atoms with Crippen LogP contribution in [0.25, 0.3) is 11.3 Å². The van der Waals surface area contributed by atoms with E-state index in [2.05, 4.69) is 137 Å². The van der Waals surface area contributed by atoms with Gasteiger partial charge in [-0.3, -0.25) is 47.8 Å². The van der Waals surface area contributed by atoms with Gasteiger partial charge in [0.2, 0.25) is 11.8 Å². The zero-order valence-electron chi connectivity index (χ0n) is 72.4. The number of H-pyrrole nitrogens is 1. The van der Waals surface area contributed by atoms with Gasteiger partial charge >= 0.3 is 18.0 Å². The van der Waals surface area contributed by atoms with E-state index < -0.39 is 28.8 Å². The van der Waals surface area contributed by atoms with E-state index in [-0.39, 0.29) is 92.5 Å². The minimum atomic E-state index is -0.813. The number of aromatic nitrogens is 11. The SMILES string of the molecule is CC(C)(C)OC(=O)N1Cc2nc(-c3c(F)cccc3C#N)cc(Cl)c2C1=O.COC(=O)C1(CC#N)CCN(c2ccn(Cc3ccccc3)n2)C1.COC(=O)C1CCN(c2ccn(Cc3ccccc3)n2)C1.N#CC1CCN(c2ccn(Cc3ccccc3)n2)C1.O=C1NCCC12CCN(c1ccn(Cc3ccccc3)n1)C2.O=C1NCCC12CCN(c1ccn[nH]1)C2. The molecule has 3 N–H and O–H groups in total. The van der Waals surface area contributed by atoms with Crippen molar-refractivity contribution >= 4 is 76.4 Å². The molecule has 6 aromatic heterocycles. The summed E-state index contributed by atoms with van der Waals surface area (Å²) in [5.41, 5.74) is 3.56. The largest absolute Gasteiger partial charge is 0.469 e. The maximum absolute atomic E-state index is 14.3. The molecule has 7 saturated heterocycles. The number of nitrogens with zero attached hydrogens (tertiary/aromatic N) is 19. The number of anilines is 5. The normalized spacial score (nSPS) is 19.9. The number of carbonyl (C=O) groups excluding carboxylic acids is 6. The molecule has 0 radical (unpaired) electrons. The van der Waals surface area contributed by atoms with E-state index in [1.54, 1.807) is 27.0 Å². The molecule has 7 fully saturated rings. The van der Waals surface area contributed by atoms with Crippen molar-refractivity contribution in [2.45, 2.75) is 110 Å². The number of nitriles is 3. The first-order valence-electron chi connectivity index (χ1n) is 42.9. The number of esters is 2. The Morgan fingerprint density at radius 2 is 1.04 bits per heavy atom. The number of aromatic amines is 1. The summed E-state index contributed by atoms with van der Waals surface area (Å²) < 4.78 is 37.0. The van der Waals surface area contributed by atoms with Crippen molar-refractivity contribution in [2.75, 3.05) is 117 Å². The number of hydrogen-bond donors (Lipinski definition) is 3. The Labute approximate surface area is 747 Å². The Hall–Kier alpha value is -14.2. The summed E-state index contributed by atoms with van der Waals surface area (Å²) in [6.07, 6.45) is 15.2. The van der Waals surface area contributed by atoms with E-state index >= 15 is 0 Å². The number of ether oxygens (including phenoxy) is 3. The highest BCUT2D eigenvalue weighted by atomic mass is 35.5. The number of amides is 4. The van der Waals surface area contributed by atoms with Crippen LogP contribution >= 0.6 is 11.6 Å². The lowest BCUT2D eigenvalue weighted by atomic mass is 9.84. The van der Waals surface area contributed by atoms with Gasteiger partial charge in [-0.15, -0.1) is 0 Å². The van der Waals surface area contributed by atoms with Gasteiger partial charge in [-0.2, -0.15) is 41.3 Å². The summed E-state index contributed by atoms with van der Waals surface area (Å²) in [5, 5.41) is 58.5. The Kier molecular flexibility index (Phi) is 28.7. The molecule has 11 aromatic rings. The van der Waals surface area contributed by atoms with Crippen LogP contribution < -0.4 is 35.1 Å². The van der Waals surface area contributed by atoms with Crippen LogP contribution in [0, 0.1) is 67.9 Å². The molecule has 5 unspecified atom stereocenters. The van der Waals surface area contributed by atoms with Crippen LogP contribution in [-0.2, 0) is 66.1 Å². The molecule has 0 bridgehead atoms. The van der Waals surface area contributed by atoms with Gasteiger partial charge in [0.05, 0.1) is 134 Å². The summed E-state index contributed by atoms with van der Waals surface area (Å²) in [4.78, 5) is 88.3. The average molecular weight is 1750 g/mol. The van der Waals surface area contributed by atoms with Crippen molar-refractivity contribution in [3.05, 3.63) is 257 Å². The van der Waals surface area contributed by atoms with Crippen molar-refractivity contribution in [2.24, 2.45) is 28.1 Å². The Morgan fingerprint density at radius 1 is 0.555 bits per heavy atom. The van der Waals surface area contributed by atoms with Crippen molar-refractivity contribution < 1.29 is 47.4 Å². The summed E-state index contributed by atoms with van der Waals surface area (Å²) in [7, 11) is 2.82. The third-order valence-corrected chi connectivity index (χ3v) is 24.4. The van der Waals surface area contributed by atoms with Crippen molar-refractivity contribution in [3.63, 3.8) is 0 Å². The highest BCUT2D eigenvalue weighted by molar-refractivity contribution is 6.35. The third-order valence-electron chi connectivity index (χ3n) is 24.1. The van der Waals surface area contributed by atoms with E-state index in [1.807, 2.05) is 147 Å². The second-order valence-electron chi connectivity index (χ2n) is 34.0. The predicted octanol–water partition coefficient (Wildman–Crippen LogP) is 12.5. The van der Waals surface area contributed by atoms with E-state index in [0.717, 1.165) is 151 Å². The smallest absolute Gasteiger partial charge is 0.417 e. The maximum atomic E-state index is 14.3. The number of imide groups is 1. The molecule has 5 aromatic carbocycles. The minimum Gasteiger partial charge on any atom is -0.469 e. The number of benzene rings is 5. The predicted molar refractivity (Wildman–Crippen MR) is 479 cm³/mol. The molecule has 8 aliphatic heterocycles. The fourth-order valence-corrected chi connectivity index (χ4v) is 17.5. The first kappa shape index (κ1) is 90.1. The van der Waals surface area contributed by atoms with Gasteiger partial charge in [-0.05, 0) is 106 Å². The number of methoxy groups -OCH3 is 2. The molecule has 4 amide bonds. The van der Waals surface area contributed by atoms with Gasteiger partial charge in [0.25, 0.3) is 5.91 Å².